The zero-order valence-corrected chi connectivity index (χ0v) is 10.2. The molecule has 16 heavy (non-hydrogen) atoms. The first kappa shape index (κ1) is 11.3. The second kappa shape index (κ2) is 3.67. The minimum atomic E-state index is -0.479. The van der Waals surface area contributed by atoms with E-state index in [-0.39, 0.29) is 5.60 Å². The number of ether oxygens (including phenoxy) is 2. The van der Waals surface area contributed by atoms with Crippen LogP contribution in [0.4, 0.5) is 0 Å². The first-order chi connectivity index (χ1) is 7.43. The van der Waals surface area contributed by atoms with Crippen LogP contribution >= 0.6 is 0 Å². The van der Waals surface area contributed by atoms with Crippen LogP contribution in [0, 0.1) is 6.92 Å². The SMILES string of the molecule is COc1cc(C)cc2c1OC(C)(C)CC2O. The summed E-state index contributed by atoms with van der Waals surface area (Å²) >= 11 is 0. The Bertz CT molecular complexity index is 410. The maximum atomic E-state index is 10.1. The van der Waals surface area contributed by atoms with Gasteiger partial charge in [0, 0.05) is 12.0 Å². The molecule has 0 bridgehead atoms. The molecule has 1 atom stereocenters. The Kier molecular flexibility index (Phi) is 2.58. The molecule has 2 rings (SSSR count). The lowest BCUT2D eigenvalue weighted by atomic mass is 9.90. The molecule has 0 spiro atoms. The molecule has 3 heteroatoms. The molecule has 0 aromatic heterocycles. The normalized spacial score (nSPS) is 22.2. The molecule has 0 amide bonds. The van der Waals surface area contributed by atoms with Crippen molar-refractivity contribution < 1.29 is 14.6 Å². The summed E-state index contributed by atoms with van der Waals surface area (Å²) in [5.41, 5.74) is 1.55. The topological polar surface area (TPSA) is 38.7 Å². The molecule has 1 aromatic carbocycles. The van der Waals surface area contributed by atoms with Crippen LogP contribution in [0.25, 0.3) is 0 Å². The minimum Gasteiger partial charge on any atom is -0.493 e. The molecule has 88 valence electrons. The molecule has 0 radical (unpaired) electrons. The van der Waals surface area contributed by atoms with Gasteiger partial charge in [0.15, 0.2) is 11.5 Å². The van der Waals surface area contributed by atoms with Crippen LogP contribution in [-0.4, -0.2) is 17.8 Å². The van der Waals surface area contributed by atoms with Gasteiger partial charge in [0.2, 0.25) is 0 Å². The summed E-state index contributed by atoms with van der Waals surface area (Å²) in [4.78, 5) is 0. The summed E-state index contributed by atoms with van der Waals surface area (Å²) in [6.45, 7) is 5.92. The van der Waals surface area contributed by atoms with Crippen molar-refractivity contribution >= 4 is 0 Å². The maximum absolute atomic E-state index is 10.1. The van der Waals surface area contributed by atoms with Gasteiger partial charge in [0.05, 0.1) is 13.2 Å². The fourth-order valence-electron chi connectivity index (χ4n) is 2.17. The van der Waals surface area contributed by atoms with E-state index in [4.69, 9.17) is 9.47 Å². The Morgan fingerprint density at radius 3 is 2.75 bits per heavy atom. The van der Waals surface area contributed by atoms with E-state index in [0.717, 1.165) is 11.1 Å². The molecule has 1 aliphatic rings. The number of rotatable bonds is 1. The fourth-order valence-corrected chi connectivity index (χ4v) is 2.17. The Morgan fingerprint density at radius 2 is 2.12 bits per heavy atom. The molecular weight excluding hydrogens is 204 g/mol. The second-order valence-electron chi connectivity index (χ2n) is 4.97. The predicted molar refractivity (Wildman–Crippen MR) is 62.0 cm³/mol. The maximum Gasteiger partial charge on any atom is 0.167 e. The monoisotopic (exact) mass is 222 g/mol. The smallest absolute Gasteiger partial charge is 0.167 e. The average Bonchev–Trinajstić information content (AvgIpc) is 2.17. The number of hydrogen-bond donors (Lipinski definition) is 1. The first-order valence-electron chi connectivity index (χ1n) is 5.48. The van der Waals surface area contributed by atoms with Crippen molar-refractivity contribution in [3.05, 3.63) is 23.3 Å². The van der Waals surface area contributed by atoms with Crippen LogP contribution in [0.2, 0.25) is 0 Å². The lowest BCUT2D eigenvalue weighted by molar-refractivity contribution is 0.00920. The molecule has 0 saturated carbocycles. The summed E-state index contributed by atoms with van der Waals surface area (Å²) in [5.74, 6) is 1.37. The molecular formula is C13H18O3. The molecule has 1 aliphatic heterocycles. The summed E-state index contributed by atoms with van der Waals surface area (Å²) in [7, 11) is 1.62. The van der Waals surface area contributed by atoms with E-state index in [1.54, 1.807) is 7.11 Å². The van der Waals surface area contributed by atoms with Crippen molar-refractivity contribution in [2.75, 3.05) is 7.11 Å². The number of fused-ring (bicyclic) bond motifs is 1. The van der Waals surface area contributed by atoms with Crippen LogP contribution in [-0.2, 0) is 0 Å². The standard InChI is InChI=1S/C13H18O3/c1-8-5-9-10(14)7-13(2,3)16-12(9)11(6-8)15-4/h5-6,10,14H,7H2,1-4H3. The van der Waals surface area contributed by atoms with E-state index in [1.165, 1.54) is 0 Å². The number of aliphatic hydroxyl groups excluding tert-OH is 1. The number of aryl methyl sites for hydroxylation is 1. The van der Waals surface area contributed by atoms with Gasteiger partial charge in [0.1, 0.15) is 5.60 Å². The predicted octanol–water partition coefficient (Wildman–Crippen LogP) is 2.60. The highest BCUT2D eigenvalue weighted by Gasteiger charge is 2.34. The highest BCUT2D eigenvalue weighted by molar-refractivity contribution is 5.51. The number of benzene rings is 1. The third-order valence-electron chi connectivity index (χ3n) is 2.87. The average molecular weight is 222 g/mol. The minimum absolute atomic E-state index is 0.352. The van der Waals surface area contributed by atoms with E-state index in [2.05, 4.69) is 0 Å². The van der Waals surface area contributed by atoms with Gasteiger partial charge in [0.25, 0.3) is 0 Å². The van der Waals surface area contributed by atoms with Gasteiger partial charge >= 0.3 is 0 Å². The van der Waals surface area contributed by atoms with Crippen LogP contribution in [0.3, 0.4) is 0 Å². The third kappa shape index (κ3) is 1.87. The molecule has 1 N–H and O–H groups in total. The van der Waals surface area contributed by atoms with E-state index in [1.807, 2.05) is 32.9 Å². The van der Waals surface area contributed by atoms with E-state index in [9.17, 15) is 5.11 Å². The lowest BCUT2D eigenvalue weighted by Crippen LogP contribution is -2.35. The van der Waals surface area contributed by atoms with Crippen LogP contribution < -0.4 is 9.47 Å². The van der Waals surface area contributed by atoms with E-state index in [0.29, 0.717) is 17.9 Å². The highest BCUT2D eigenvalue weighted by Crippen LogP contribution is 2.45. The van der Waals surface area contributed by atoms with E-state index >= 15 is 0 Å². The Balaban J connectivity index is 2.55. The van der Waals surface area contributed by atoms with Gasteiger partial charge in [-0.05, 0) is 38.5 Å². The number of hydrogen-bond acceptors (Lipinski definition) is 3. The molecule has 0 saturated heterocycles. The summed E-state index contributed by atoms with van der Waals surface area (Å²) in [6.07, 6.45) is 0.125. The zero-order valence-electron chi connectivity index (χ0n) is 10.2. The summed E-state index contributed by atoms with van der Waals surface area (Å²) in [6, 6.07) is 3.88. The second-order valence-corrected chi connectivity index (χ2v) is 4.97. The summed E-state index contributed by atoms with van der Waals surface area (Å²) in [5, 5.41) is 10.1. The number of aliphatic hydroxyl groups is 1. The molecule has 1 unspecified atom stereocenters. The van der Waals surface area contributed by atoms with Crippen molar-refractivity contribution in [3.8, 4) is 11.5 Å². The van der Waals surface area contributed by atoms with Crippen molar-refractivity contribution in [3.63, 3.8) is 0 Å². The highest BCUT2D eigenvalue weighted by atomic mass is 16.5. The molecule has 0 fully saturated rings. The lowest BCUT2D eigenvalue weighted by Gasteiger charge is -2.36. The molecule has 1 heterocycles. The van der Waals surface area contributed by atoms with Gasteiger partial charge < -0.3 is 14.6 Å². The quantitative estimate of drug-likeness (QED) is 0.793. The van der Waals surface area contributed by atoms with Gasteiger partial charge in [-0.3, -0.25) is 0 Å². The van der Waals surface area contributed by atoms with Crippen LogP contribution in [0.1, 0.15) is 37.5 Å². The Labute approximate surface area is 96.0 Å². The van der Waals surface area contributed by atoms with Crippen molar-refractivity contribution in [2.45, 2.75) is 38.9 Å². The van der Waals surface area contributed by atoms with Gasteiger partial charge in [-0.2, -0.15) is 0 Å². The van der Waals surface area contributed by atoms with Crippen LogP contribution in [0.5, 0.6) is 11.5 Å². The van der Waals surface area contributed by atoms with Crippen LogP contribution in [0.15, 0.2) is 12.1 Å². The molecule has 3 nitrogen and oxygen atoms in total. The van der Waals surface area contributed by atoms with Gasteiger partial charge in [-0.25, -0.2) is 0 Å². The third-order valence-corrected chi connectivity index (χ3v) is 2.87. The fraction of sp³-hybridized carbons (Fsp3) is 0.538. The van der Waals surface area contributed by atoms with Crippen molar-refractivity contribution in [2.24, 2.45) is 0 Å². The number of methoxy groups -OCH3 is 1. The first-order valence-corrected chi connectivity index (χ1v) is 5.48. The molecule has 1 aromatic rings. The van der Waals surface area contributed by atoms with E-state index < -0.39 is 6.10 Å². The van der Waals surface area contributed by atoms with Crippen molar-refractivity contribution in [1.29, 1.82) is 0 Å². The molecule has 0 aliphatic carbocycles. The Morgan fingerprint density at radius 1 is 1.44 bits per heavy atom. The van der Waals surface area contributed by atoms with Gasteiger partial charge in [-0.15, -0.1) is 0 Å². The van der Waals surface area contributed by atoms with Crippen molar-refractivity contribution in [1.82, 2.24) is 0 Å². The Hall–Kier alpha value is -1.22. The summed E-state index contributed by atoms with van der Waals surface area (Å²) < 4.78 is 11.2. The van der Waals surface area contributed by atoms with Gasteiger partial charge in [-0.1, -0.05) is 0 Å². The largest absolute Gasteiger partial charge is 0.493 e. The zero-order chi connectivity index (χ0) is 11.9.